The van der Waals surface area contributed by atoms with Crippen molar-refractivity contribution in [1.82, 2.24) is 0 Å². The Morgan fingerprint density at radius 3 is 1.68 bits per heavy atom. The Kier molecular flexibility index (Phi) is 20.4. The van der Waals surface area contributed by atoms with Crippen LogP contribution in [0.2, 0.25) is 0 Å². The molecule has 1 heteroatoms. The van der Waals surface area contributed by atoms with E-state index < -0.39 is 0 Å². The van der Waals surface area contributed by atoms with Gasteiger partial charge >= 0.3 is 0 Å². The van der Waals surface area contributed by atoms with Gasteiger partial charge in [-0.2, -0.15) is 5.26 Å². The fourth-order valence-electron chi connectivity index (χ4n) is 4.68. The van der Waals surface area contributed by atoms with Crippen molar-refractivity contribution < 1.29 is 0 Å². The van der Waals surface area contributed by atoms with E-state index in [0.29, 0.717) is 0 Å². The molecule has 1 aromatic rings. The van der Waals surface area contributed by atoms with Crippen molar-refractivity contribution >= 4 is 5.57 Å². The Labute approximate surface area is 212 Å². The number of benzene rings is 1. The van der Waals surface area contributed by atoms with Crippen LogP contribution in [0.25, 0.3) is 5.57 Å². The fraction of sp³-hybridized carbons (Fsp3) is 0.667. The fourth-order valence-corrected chi connectivity index (χ4v) is 4.68. The number of nitriles is 1. The van der Waals surface area contributed by atoms with Gasteiger partial charge in [0.1, 0.15) is 0 Å². The molecule has 0 bridgehead atoms. The van der Waals surface area contributed by atoms with Gasteiger partial charge in [0.05, 0.1) is 11.6 Å². The summed E-state index contributed by atoms with van der Waals surface area (Å²) in [6.07, 6.45) is 33.9. The van der Waals surface area contributed by atoms with Crippen LogP contribution >= 0.6 is 0 Å². The van der Waals surface area contributed by atoms with Gasteiger partial charge in [-0.15, -0.1) is 0 Å². The second-order valence-corrected chi connectivity index (χ2v) is 9.92. The van der Waals surface area contributed by atoms with E-state index in [0.717, 1.165) is 30.4 Å². The van der Waals surface area contributed by atoms with Gasteiger partial charge in [-0.05, 0) is 62.1 Å². The molecule has 0 saturated carbocycles. The van der Waals surface area contributed by atoms with Gasteiger partial charge in [0.25, 0.3) is 0 Å². The summed E-state index contributed by atoms with van der Waals surface area (Å²) >= 11 is 0. The van der Waals surface area contributed by atoms with Crippen LogP contribution in [0.4, 0.5) is 0 Å². The van der Waals surface area contributed by atoms with E-state index in [1.165, 1.54) is 115 Å². The predicted octanol–water partition coefficient (Wildman–Crippen LogP) is 11.3. The van der Waals surface area contributed by atoms with Crippen molar-refractivity contribution in [1.29, 1.82) is 5.26 Å². The molecular weight excluding hydrogens is 410 g/mol. The summed E-state index contributed by atoms with van der Waals surface area (Å²) in [4.78, 5) is 0. The quantitative estimate of drug-likeness (QED) is 0.124. The van der Waals surface area contributed by atoms with E-state index in [1.807, 2.05) is 18.2 Å². The summed E-state index contributed by atoms with van der Waals surface area (Å²) in [5.41, 5.74) is 3.30. The molecule has 0 atom stereocenters. The number of allylic oxidation sites excluding steroid dienone is 4. The maximum Gasteiger partial charge on any atom is 0.0998 e. The molecule has 0 heterocycles. The van der Waals surface area contributed by atoms with Crippen LogP contribution in [0.3, 0.4) is 0 Å². The highest BCUT2D eigenvalue weighted by Gasteiger charge is 2.06. The highest BCUT2D eigenvalue weighted by Crippen LogP contribution is 2.24. The molecule has 0 aliphatic heterocycles. The molecule has 0 fully saturated rings. The Morgan fingerprint density at radius 2 is 1.15 bits per heavy atom. The van der Waals surface area contributed by atoms with Crippen LogP contribution in [0.15, 0.2) is 42.5 Å². The lowest BCUT2D eigenvalue weighted by molar-refractivity contribution is 0.557. The highest BCUT2D eigenvalue weighted by molar-refractivity contribution is 5.70. The zero-order valence-electron chi connectivity index (χ0n) is 22.6. The van der Waals surface area contributed by atoms with Crippen LogP contribution in [0.1, 0.15) is 153 Å². The highest BCUT2D eigenvalue weighted by atomic mass is 14.2. The van der Waals surface area contributed by atoms with Crippen molar-refractivity contribution in [3.63, 3.8) is 0 Å². The minimum Gasteiger partial charge on any atom is -0.192 e. The third-order valence-electron chi connectivity index (χ3n) is 6.77. The zero-order chi connectivity index (χ0) is 24.5. The van der Waals surface area contributed by atoms with Crippen molar-refractivity contribution in [3.05, 3.63) is 53.6 Å². The molecule has 1 nitrogen and oxygen atoms in total. The first kappa shape index (κ1) is 30.2. The minimum absolute atomic E-state index is 0.809. The van der Waals surface area contributed by atoms with Crippen molar-refractivity contribution in [2.45, 2.75) is 142 Å². The lowest BCUT2D eigenvalue weighted by atomic mass is 9.95. The largest absolute Gasteiger partial charge is 0.192 e. The lowest BCUT2D eigenvalue weighted by Gasteiger charge is -2.09. The third kappa shape index (κ3) is 15.9. The molecule has 1 aromatic carbocycles. The number of hydrogen-bond acceptors (Lipinski definition) is 1. The summed E-state index contributed by atoms with van der Waals surface area (Å²) in [5, 5.41) is 9.39. The van der Waals surface area contributed by atoms with E-state index in [2.05, 4.69) is 44.2 Å². The van der Waals surface area contributed by atoms with Crippen LogP contribution in [0, 0.1) is 11.3 Å². The van der Waals surface area contributed by atoms with Crippen molar-refractivity contribution in [2.75, 3.05) is 0 Å². The van der Waals surface area contributed by atoms with Crippen LogP contribution in [0.5, 0.6) is 0 Å². The maximum absolute atomic E-state index is 9.39. The van der Waals surface area contributed by atoms with Crippen LogP contribution in [-0.4, -0.2) is 0 Å². The molecule has 1 rings (SSSR count). The monoisotopic (exact) mass is 463 g/mol. The molecular formula is C33H53N. The standard InChI is InChI=1S/C33H53N/c1-3-5-6-7-8-9-10-11-12-13-14-15-16-17-18-19-20-21-22-23-27-31(26-4-2)33-29-25-24-28-32(33)30-34/h15-16,24-25,27-29H,3-14,17-23,26H2,1-2H3. The van der Waals surface area contributed by atoms with Gasteiger partial charge in [-0.3, -0.25) is 0 Å². The zero-order valence-corrected chi connectivity index (χ0v) is 22.6. The van der Waals surface area contributed by atoms with Gasteiger partial charge < -0.3 is 0 Å². The molecule has 0 aromatic heterocycles. The second kappa shape index (κ2) is 23.0. The molecule has 0 radical (unpaired) electrons. The average Bonchev–Trinajstić information content (AvgIpc) is 2.86. The van der Waals surface area contributed by atoms with Crippen molar-refractivity contribution in [2.24, 2.45) is 0 Å². The van der Waals surface area contributed by atoms with Gasteiger partial charge in [0, 0.05) is 0 Å². The first-order valence-corrected chi connectivity index (χ1v) is 14.7. The van der Waals surface area contributed by atoms with Gasteiger partial charge in [0.2, 0.25) is 0 Å². The summed E-state index contributed by atoms with van der Waals surface area (Å²) in [7, 11) is 0. The third-order valence-corrected chi connectivity index (χ3v) is 6.77. The Balaban J connectivity index is 1.98. The van der Waals surface area contributed by atoms with E-state index in [9.17, 15) is 5.26 Å². The summed E-state index contributed by atoms with van der Waals surface area (Å²) in [5.74, 6) is 0. The predicted molar refractivity (Wildman–Crippen MR) is 152 cm³/mol. The molecule has 0 unspecified atom stereocenters. The van der Waals surface area contributed by atoms with Gasteiger partial charge in [-0.25, -0.2) is 0 Å². The van der Waals surface area contributed by atoms with Crippen LogP contribution in [-0.2, 0) is 0 Å². The summed E-state index contributed by atoms with van der Waals surface area (Å²) in [6.45, 7) is 4.51. The van der Waals surface area contributed by atoms with E-state index in [1.54, 1.807) is 0 Å². The molecule has 0 spiro atoms. The molecule has 34 heavy (non-hydrogen) atoms. The number of rotatable bonds is 22. The summed E-state index contributed by atoms with van der Waals surface area (Å²) < 4.78 is 0. The number of hydrogen-bond donors (Lipinski definition) is 0. The topological polar surface area (TPSA) is 23.8 Å². The Bertz CT molecular complexity index is 691. The average molecular weight is 464 g/mol. The maximum atomic E-state index is 9.39. The lowest BCUT2D eigenvalue weighted by Crippen LogP contribution is -1.90. The summed E-state index contributed by atoms with van der Waals surface area (Å²) in [6, 6.07) is 10.4. The Morgan fingerprint density at radius 1 is 0.647 bits per heavy atom. The molecule has 190 valence electrons. The Hall–Kier alpha value is -1.81. The SMILES string of the molecule is CCCCCCCCCCCCC=CCCCCCCCC=C(CCC)c1ccccc1C#N. The van der Waals surface area contributed by atoms with E-state index in [4.69, 9.17) is 0 Å². The van der Waals surface area contributed by atoms with Gasteiger partial charge in [-0.1, -0.05) is 134 Å². The number of nitrogens with zero attached hydrogens (tertiary/aromatic N) is 1. The van der Waals surface area contributed by atoms with Gasteiger partial charge in [0.15, 0.2) is 0 Å². The smallest absolute Gasteiger partial charge is 0.0998 e. The molecule has 0 aliphatic carbocycles. The molecule has 0 saturated heterocycles. The number of unbranched alkanes of at least 4 members (excludes halogenated alkanes) is 16. The molecule has 0 amide bonds. The first-order chi connectivity index (χ1) is 16.8. The van der Waals surface area contributed by atoms with Crippen LogP contribution < -0.4 is 0 Å². The minimum atomic E-state index is 0.809. The van der Waals surface area contributed by atoms with Crippen molar-refractivity contribution in [3.8, 4) is 6.07 Å². The first-order valence-electron chi connectivity index (χ1n) is 14.7. The van der Waals surface area contributed by atoms with E-state index in [-0.39, 0.29) is 0 Å². The van der Waals surface area contributed by atoms with E-state index >= 15 is 0 Å². The molecule has 0 aliphatic rings. The normalized spacial score (nSPS) is 11.9. The second-order valence-electron chi connectivity index (χ2n) is 9.92. The molecule has 0 N–H and O–H groups in total.